The molecule has 8 heteroatoms. The Kier molecular flexibility index (Phi) is 7.16. The number of hydrogen-bond donors (Lipinski definition) is 2. The maximum absolute atomic E-state index is 12.3. The lowest BCUT2D eigenvalue weighted by Gasteiger charge is -2.28. The molecule has 0 saturated carbocycles. The average Bonchev–Trinajstić information content (AvgIpc) is 2.61. The number of esters is 1. The van der Waals surface area contributed by atoms with E-state index in [-0.39, 0.29) is 13.0 Å². The Balaban J connectivity index is 2.10. The first-order valence-electron chi connectivity index (χ1n) is 8.83. The zero-order valence-electron chi connectivity index (χ0n) is 16.4. The van der Waals surface area contributed by atoms with Crippen molar-refractivity contribution in [2.45, 2.75) is 44.9 Å². The molecule has 2 aromatic carbocycles. The molecule has 0 radical (unpaired) electrons. The van der Waals surface area contributed by atoms with Crippen molar-refractivity contribution in [2.75, 3.05) is 0 Å². The summed E-state index contributed by atoms with van der Waals surface area (Å²) >= 11 is 12.2. The van der Waals surface area contributed by atoms with Gasteiger partial charge >= 0.3 is 11.9 Å². The fourth-order valence-corrected chi connectivity index (χ4v) is 2.96. The second kappa shape index (κ2) is 9.03. The molecule has 2 aromatic rings. The van der Waals surface area contributed by atoms with Crippen LogP contribution in [0.25, 0.3) is 0 Å². The topological polar surface area (TPSA) is 98.9 Å². The monoisotopic (exact) mass is 439 g/mol. The summed E-state index contributed by atoms with van der Waals surface area (Å²) in [6, 6.07) is 11.8. The van der Waals surface area contributed by atoms with E-state index in [1.165, 1.54) is 0 Å². The number of benzene rings is 2. The molecule has 0 saturated heterocycles. The minimum Gasteiger partial charge on any atom is -0.489 e. The lowest BCUT2D eigenvalue weighted by atomic mass is 9.91. The predicted molar refractivity (Wildman–Crippen MR) is 111 cm³/mol. The maximum atomic E-state index is 12.3. The van der Waals surface area contributed by atoms with Crippen LogP contribution in [0.4, 0.5) is 0 Å². The third kappa shape index (κ3) is 6.10. The summed E-state index contributed by atoms with van der Waals surface area (Å²) in [6.07, 6.45) is -0.228. The summed E-state index contributed by atoms with van der Waals surface area (Å²) in [4.78, 5) is 24.0. The van der Waals surface area contributed by atoms with Gasteiger partial charge in [-0.05, 0) is 50.6 Å². The molecule has 0 aliphatic rings. The highest BCUT2D eigenvalue weighted by atomic mass is 35.5. The van der Waals surface area contributed by atoms with Crippen molar-refractivity contribution in [1.29, 1.82) is 0 Å². The molecule has 0 amide bonds. The van der Waals surface area contributed by atoms with Crippen LogP contribution < -0.4 is 10.5 Å². The number of carbonyl (C=O) groups excluding carboxylic acids is 1. The van der Waals surface area contributed by atoms with E-state index in [1.54, 1.807) is 63.2 Å². The molecule has 0 unspecified atom stereocenters. The first kappa shape index (κ1) is 23.0. The minimum atomic E-state index is -2.19. The third-order valence-electron chi connectivity index (χ3n) is 4.00. The molecule has 156 valence electrons. The van der Waals surface area contributed by atoms with E-state index in [4.69, 9.17) is 38.4 Å². The Morgan fingerprint density at radius 3 is 2.07 bits per heavy atom. The Morgan fingerprint density at radius 1 is 1.03 bits per heavy atom. The van der Waals surface area contributed by atoms with Crippen LogP contribution in [0.1, 0.15) is 31.9 Å². The van der Waals surface area contributed by atoms with Gasteiger partial charge in [-0.3, -0.25) is 0 Å². The molecular weight excluding hydrogens is 417 g/mol. The largest absolute Gasteiger partial charge is 0.489 e. The molecular formula is C21H23Cl2NO5. The zero-order chi connectivity index (χ0) is 21.8. The number of halogens is 2. The standard InChI is InChI=1S/C21H23Cl2NO5/c1-20(2,3)29-19(27)21(24,18(25)26)11-13-7-9-14(10-8-13)28-12-15-16(22)5-4-6-17(15)23/h4-10H,11-12,24H2,1-3H3,(H,25,26)/t21-/m0/s1. The SMILES string of the molecule is CC(C)(C)OC(=O)[C@](N)(Cc1ccc(OCc2c(Cl)cccc2Cl)cc1)C(=O)O. The van der Waals surface area contributed by atoms with Gasteiger partial charge in [0.2, 0.25) is 5.54 Å². The van der Waals surface area contributed by atoms with Gasteiger partial charge in [-0.15, -0.1) is 0 Å². The van der Waals surface area contributed by atoms with Crippen LogP contribution in [0.2, 0.25) is 10.0 Å². The van der Waals surface area contributed by atoms with E-state index in [1.807, 2.05) is 0 Å². The van der Waals surface area contributed by atoms with Crippen LogP contribution in [0.5, 0.6) is 5.75 Å². The smallest absolute Gasteiger partial charge is 0.338 e. The number of aliphatic carboxylic acids is 1. The van der Waals surface area contributed by atoms with Gasteiger partial charge in [-0.25, -0.2) is 9.59 Å². The second-order valence-corrected chi connectivity index (χ2v) is 8.40. The molecule has 0 aliphatic carbocycles. The molecule has 0 aliphatic heterocycles. The number of carboxylic acids is 1. The number of carbonyl (C=O) groups is 2. The Bertz CT molecular complexity index is 873. The van der Waals surface area contributed by atoms with Gasteiger partial charge in [-0.2, -0.15) is 0 Å². The number of rotatable bonds is 7. The Hall–Kier alpha value is -2.28. The van der Waals surface area contributed by atoms with Gasteiger partial charge in [0, 0.05) is 22.0 Å². The Labute approximate surface area is 179 Å². The Morgan fingerprint density at radius 2 is 1.59 bits per heavy atom. The molecule has 1 atom stereocenters. The van der Waals surface area contributed by atoms with E-state index < -0.39 is 23.1 Å². The summed E-state index contributed by atoms with van der Waals surface area (Å²) < 4.78 is 10.9. The van der Waals surface area contributed by atoms with E-state index in [0.29, 0.717) is 26.9 Å². The van der Waals surface area contributed by atoms with Crippen molar-refractivity contribution in [1.82, 2.24) is 0 Å². The number of carboxylic acid groups (broad SMARTS) is 1. The average molecular weight is 440 g/mol. The molecule has 3 N–H and O–H groups in total. The molecule has 0 aromatic heterocycles. The highest BCUT2D eigenvalue weighted by Crippen LogP contribution is 2.26. The summed E-state index contributed by atoms with van der Waals surface area (Å²) in [6.45, 7) is 5.10. The van der Waals surface area contributed by atoms with Gasteiger partial charge in [0.1, 0.15) is 18.0 Å². The predicted octanol–water partition coefficient (Wildman–Crippen LogP) is 4.24. The lowest BCUT2D eigenvalue weighted by Crippen LogP contribution is -2.58. The fourth-order valence-electron chi connectivity index (χ4n) is 2.46. The van der Waals surface area contributed by atoms with Crippen molar-refractivity contribution in [2.24, 2.45) is 5.73 Å². The van der Waals surface area contributed by atoms with Crippen molar-refractivity contribution >= 4 is 35.1 Å². The summed E-state index contributed by atoms with van der Waals surface area (Å²) in [5.74, 6) is -1.92. The molecule has 6 nitrogen and oxygen atoms in total. The zero-order valence-corrected chi connectivity index (χ0v) is 17.9. The molecule has 0 bridgehead atoms. The molecule has 0 spiro atoms. The second-order valence-electron chi connectivity index (χ2n) is 7.59. The van der Waals surface area contributed by atoms with Crippen LogP contribution in [-0.2, 0) is 27.4 Å². The van der Waals surface area contributed by atoms with Crippen LogP contribution in [0, 0.1) is 0 Å². The van der Waals surface area contributed by atoms with Gasteiger partial charge in [0.05, 0.1) is 0 Å². The summed E-state index contributed by atoms with van der Waals surface area (Å²) in [5.41, 5.74) is 4.06. The van der Waals surface area contributed by atoms with Crippen LogP contribution in [0.3, 0.4) is 0 Å². The first-order valence-corrected chi connectivity index (χ1v) is 9.58. The van der Waals surface area contributed by atoms with Crippen molar-refractivity contribution in [3.8, 4) is 5.75 Å². The number of nitrogens with two attached hydrogens (primary N) is 1. The van der Waals surface area contributed by atoms with E-state index >= 15 is 0 Å². The van der Waals surface area contributed by atoms with E-state index in [9.17, 15) is 14.7 Å². The van der Waals surface area contributed by atoms with E-state index in [2.05, 4.69) is 0 Å². The first-order chi connectivity index (χ1) is 13.4. The van der Waals surface area contributed by atoms with Crippen LogP contribution >= 0.6 is 23.2 Å². The van der Waals surface area contributed by atoms with E-state index in [0.717, 1.165) is 0 Å². The molecule has 2 rings (SSSR count). The fraction of sp³-hybridized carbons (Fsp3) is 0.333. The molecule has 0 fully saturated rings. The summed E-state index contributed by atoms with van der Waals surface area (Å²) in [7, 11) is 0. The normalized spacial score (nSPS) is 13.4. The minimum absolute atomic E-state index is 0.172. The highest BCUT2D eigenvalue weighted by Gasteiger charge is 2.45. The lowest BCUT2D eigenvalue weighted by molar-refractivity contribution is -0.169. The van der Waals surface area contributed by atoms with Gasteiger partial charge in [-0.1, -0.05) is 41.4 Å². The van der Waals surface area contributed by atoms with Gasteiger partial charge in [0.15, 0.2) is 0 Å². The molecule has 0 heterocycles. The van der Waals surface area contributed by atoms with Crippen molar-refractivity contribution in [3.05, 3.63) is 63.6 Å². The highest BCUT2D eigenvalue weighted by molar-refractivity contribution is 6.35. The number of ether oxygens (including phenoxy) is 2. The number of hydrogen-bond acceptors (Lipinski definition) is 5. The van der Waals surface area contributed by atoms with Crippen molar-refractivity contribution in [3.63, 3.8) is 0 Å². The third-order valence-corrected chi connectivity index (χ3v) is 4.70. The molecule has 29 heavy (non-hydrogen) atoms. The quantitative estimate of drug-likeness (QED) is 0.494. The van der Waals surface area contributed by atoms with Crippen LogP contribution in [-0.4, -0.2) is 28.2 Å². The van der Waals surface area contributed by atoms with Crippen molar-refractivity contribution < 1.29 is 24.2 Å². The van der Waals surface area contributed by atoms with Crippen LogP contribution in [0.15, 0.2) is 42.5 Å². The van der Waals surface area contributed by atoms with Gasteiger partial charge < -0.3 is 20.3 Å². The van der Waals surface area contributed by atoms with Gasteiger partial charge in [0.25, 0.3) is 0 Å². The summed E-state index contributed by atoms with van der Waals surface area (Å²) in [5, 5.41) is 10.5. The maximum Gasteiger partial charge on any atom is 0.338 e.